The van der Waals surface area contributed by atoms with E-state index in [2.05, 4.69) is 6.92 Å². The maximum absolute atomic E-state index is 11.9. The number of hydrogen-bond donors (Lipinski definition) is 1. The van der Waals surface area contributed by atoms with Crippen molar-refractivity contribution in [2.45, 2.75) is 84.0 Å². The molecule has 0 fully saturated rings. The van der Waals surface area contributed by atoms with Crippen LogP contribution in [0.15, 0.2) is 12.2 Å². The minimum Gasteiger partial charge on any atom is -0.550 e. The smallest absolute Gasteiger partial charge is 0.550 e. The van der Waals surface area contributed by atoms with E-state index in [9.17, 15) is 23.1 Å². The van der Waals surface area contributed by atoms with Crippen LogP contribution in [0.1, 0.15) is 84.0 Å². The third-order valence-electron chi connectivity index (χ3n) is 4.37. The molecule has 0 saturated heterocycles. The predicted octanol–water partition coefficient (Wildman–Crippen LogP) is 0.0448. The SMILES string of the molecule is CCCCCCCCCCCC/C=C/C(CC(=O)[O-])C(=O)OCCS(=O)(=O)O.[Na+]. The van der Waals surface area contributed by atoms with Crippen molar-refractivity contribution in [3.63, 3.8) is 0 Å². The number of esters is 1. The van der Waals surface area contributed by atoms with E-state index in [4.69, 9.17) is 9.29 Å². The number of carboxylic acids is 1. The molecule has 1 N–H and O–H groups in total. The van der Waals surface area contributed by atoms with Gasteiger partial charge in [-0.05, 0) is 12.8 Å². The molecule has 0 aliphatic rings. The first kappa shape index (κ1) is 30.8. The van der Waals surface area contributed by atoms with Crippen molar-refractivity contribution in [1.82, 2.24) is 0 Å². The van der Waals surface area contributed by atoms with Crippen LogP contribution in [0.4, 0.5) is 0 Å². The van der Waals surface area contributed by atoms with Crippen LogP contribution in [-0.4, -0.2) is 37.3 Å². The normalized spacial score (nSPS) is 12.5. The molecule has 0 radical (unpaired) electrons. The minimum absolute atomic E-state index is 0. The Balaban J connectivity index is 0. The van der Waals surface area contributed by atoms with E-state index in [1.165, 1.54) is 57.4 Å². The van der Waals surface area contributed by atoms with Gasteiger partial charge in [0, 0.05) is 12.4 Å². The van der Waals surface area contributed by atoms with E-state index in [1.807, 2.05) is 0 Å². The molecular weight excluding hydrogens is 407 g/mol. The minimum atomic E-state index is -4.23. The first-order chi connectivity index (χ1) is 13.3. The summed E-state index contributed by atoms with van der Waals surface area (Å²) in [7, 11) is -4.23. The zero-order chi connectivity index (χ0) is 21.3. The number of ether oxygens (including phenoxy) is 1. The van der Waals surface area contributed by atoms with Crippen LogP contribution in [0, 0.1) is 5.92 Å². The van der Waals surface area contributed by atoms with E-state index in [-0.39, 0.29) is 29.6 Å². The fraction of sp³-hybridized carbons (Fsp3) is 0.800. The van der Waals surface area contributed by atoms with E-state index < -0.39 is 46.8 Å². The largest absolute Gasteiger partial charge is 1.00 e. The van der Waals surface area contributed by atoms with E-state index in [0.717, 1.165) is 19.3 Å². The Bertz CT molecular complexity index is 561. The molecule has 164 valence electrons. The third kappa shape index (κ3) is 22.1. The van der Waals surface area contributed by atoms with E-state index in [1.54, 1.807) is 6.08 Å². The van der Waals surface area contributed by atoms with Crippen molar-refractivity contribution in [2.24, 2.45) is 5.92 Å². The molecule has 1 atom stereocenters. The molecule has 1 unspecified atom stereocenters. The fourth-order valence-corrected chi connectivity index (χ4v) is 3.07. The van der Waals surface area contributed by atoms with Crippen LogP contribution in [0.25, 0.3) is 0 Å². The summed E-state index contributed by atoms with van der Waals surface area (Å²) in [6.45, 7) is 1.69. The molecule has 29 heavy (non-hydrogen) atoms. The Kier molecular flexibility index (Phi) is 20.7. The molecule has 0 aromatic rings. The van der Waals surface area contributed by atoms with Gasteiger partial charge in [0.2, 0.25) is 0 Å². The van der Waals surface area contributed by atoms with Gasteiger partial charge in [-0.1, -0.05) is 76.9 Å². The second-order valence-electron chi connectivity index (χ2n) is 7.03. The summed E-state index contributed by atoms with van der Waals surface area (Å²) >= 11 is 0. The second-order valence-corrected chi connectivity index (χ2v) is 8.61. The van der Waals surface area contributed by atoms with Crippen LogP contribution < -0.4 is 34.7 Å². The van der Waals surface area contributed by atoms with Crippen LogP contribution in [0.5, 0.6) is 0 Å². The van der Waals surface area contributed by atoms with Gasteiger partial charge in [0.05, 0.1) is 5.92 Å². The summed E-state index contributed by atoms with van der Waals surface area (Å²) in [4.78, 5) is 22.6. The maximum Gasteiger partial charge on any atom is 1.00 e. The molecule has 7 nitrogen and oxygen atoms in total. The molecule has 0 bridgehead atoms. The van der Waals surface area contributed by atoms with Crippen LogP contribution in [0.2, 0.25) is 0 Å². The van der Waals surface area contributed by atoms with Crippen LogP contribution in [0.3, 0.4) is 0 Å². The summed E-state index contributed by atoms with van der Waals surface area (Å²) in [6, 6.07) is 0. The van der Waals surface area contributed by atoms with Gasteiger partial charge in [-0.2, -0.15) is 8.42 Å². The van der Waals surface area contributed by atoms with Crippen molar-refractivity contribution in [1.29, 1.82) is 0 Å². The summed E-state index contributed by atoms with van der Waals surface area (Å²) in [5.74, 6) is -3.97. The molecular formula is C20H35NaO7S. The average molecular weight is 443 g/mol. The van der Waals surface area contributed by atoms with Gasteiger partial charge in [-0.3, -0.25) is 9.35 Å². The maximum atomic E-state index is 11.9. The Hall–Kier alpha value is -0.410. The van der Waals surface area contributed by atoms with Gasteiger partial charge < -0.3 is 14.6 Å². The zero-order valence-electron chi connectivity index (χ0n) is 17.9. The molecule has 0 aliphatic heterocycles. The average Bonchev–Trinajstić information content (AvgIpc) is 2.60. The van der Waals surface area contributed by atoms with Gasteiger partial charge in [-0.15, -0.1) is 0 Å². The number of carboxylic acid groups (broad SMARTS) is 1. The third-order valence-corrected chi connectivity index (χ3v) is 5.05. The predicted molar refractivity (Wildman–Crippen MR) is 106 cm³/mol. The number of carbonyl (C=O) groups excluding carboxylic acids is 2. The molecule has 9 heteroatoms. The Morgan fingerprint density at radius 3 is 2.00 bits per heavy atom. The molecule has 0 saturated carbocycles. The molecule has 0 spiro atoms. The van der Waals surface area contributed by atoms with Crippen molar-refractivity contribution in [3.05, 3.63) is 12.2 Å². The molecule has 0 amide bonds. The Morgan fingerprint density at radius 1 is 1.00 bits per heavy atom. The summed E-state index contributed by atoms with van der Waals surface area (Å²) < 4.78 is 34.5. The van der Waals surface area contributed by atoms with Crippen molar-refractivity contribution in [2.75, 3.05) is 12.4 Å². The van der Waals surface area contributed by atoms with Gasteiger partial charge >= 0.3 is 35.5 Å². The molecule has 0 rings (SSSR count). The Morgan fingerprint density at radius 2 is 1.52 bits per heavy atom. The van der Waals surface area contributed by atoms with Crippen molar-refractivity contribution >= 4 is 22.1 Å². The van der Waals surface area contributed by atoms with Gasteiger partial charge in [0.15, 0.2) is 0 Å². The number of allylic oxidation sites excluding steroid dienone is 1. The fourth-order valence-electron chi connectivity index (χ4n) is 2.77. The van der Waals surface area contributed by atoms with Crippen molar-refractivity contribution < 1.29 is 62.0 Å². The summed E-state index contributed by atoms with van der Waals surface area (Å²) in [6.07, 6.45) is 15.7. The van der Waals surface area contributed by atoms with E-state index >= 15 is 0 Å². The monoisotopic (exact) mass is 442 g/mol. The molecule has 0 aliphatic carbocycles. The quantitative estimate of drug-likeness (QED) is 0.105. The number of aliphatic carboxylic acids is 1. The summed E-state index contributed by atoms with van der Waals surface area (Å²) in [5, 5.41) is 10.8. The van der Waals surface area contributed by atoms with Gasteiger partial charge in [-0.25, -0.2) is 0 Å². The standard InChI is InChI=1S/C20H36O7S.Na/c1-2-3-4-5-6-7-8-9-10-11-12-13-14-18(17-19(21)22)20(23)27-15-16-28(24,25)26;/h13-14,18H,2-12,15-17H2,1H3,(H,21,22)(H,24,25,26);/q;+1/p-1/b14-13+;. The second kappa shape index (κ2) is 19.5. The van der Waals surface area contributed by atoms with Crippen molar-refractivity contribution in [3.8, 4) is 0 Å². The number of carbonyl (C=O) groups is 2. The Labute approximate surface area is 197 Å². The summed E-state index contributed by atoms with van der Waals surface area (Å²) in [5.41, 5.74) is 0. The van der Waals surface area contributed by atoms with Gasteiger partial charge in [0.1, 0.15) is 12.4 Å². The number of hydrogen-bond acceptors (Lipinski definition) is 6. The molecule has 0 aromatic heterocycles. The topological polar surface area (TPSA) is 121 Å². The van der Waals surface area contributed by atoms with Crippen LogP contribution in [-0.2, 0) is 24.4 Å². The molecule has 0 heterocycles. The van der Waals surface area contributed by atoms with Crippen LogP contribution >= 0.6 is 0 Å². The zero-order valence-corrected chi connectivity index (χ0v) is 20.8. The number of unbranched alkanes of at least 4 members (excludes halogenated alkanes) is 10. The number of rotatable bonds is 18. The molecule has 0 aromatic carbocycles. The first-order valence-corrected chi connectivity index (χ1v) is 11.9. The first-order valence-electron chi connectivity index (χ1n) is 10.2. The van der Waals surface area contributed by atoms with E-state index in [0.29, 0.717) is 0 Å². The van der Waals surface area contributed by atoms with Gasteiger partial charge in [0.25, 0.3) is 10.1 Å².